The van der Waals surface area contributed by atoms with Crippen molar-refractivity contribution >= 4 is 23.2 Å². The van der Waals surface area contributed by atoms with E-state index in [0.717, 1.165) is 68.4 Å². The first-order valence-electron chi connectivity index (χ1n) is 10.4. The first kappa shape index (κ1) is 21.7. The maximum atomic E-state index is 12.5. The zero-order valence-corrected chi connectivity index (χ0v) is 18.1. The van der Waals surface area contributed by atoms with Crippen molar-refractivity contribution in [1.82, 2.24) is 20.5 Å². The number of guanidine groups is 1. The number of piperidine rings is 1. The Morgan fingerprint density at radius 2 is 2.00 bits per heavy atom. The van der Waals surface area contributed by atoms with Crippen LogP contribution in [0.15, 0.2) is 10.4 Å². The molecule has 2 rings (SSSR count). The van der Waals surface area contributed by atoms with Gasteiger partial charge in [0.15, 0.2) is 5.96 Å². The molecule has 0 spiro atoms. The van der Waals surface area contributed by atoms with Crippen LogP contribution < -0.4 is 10.6 Å². The van der Waals surface area contributed by atoms with Gasteiger partial charge in [-0.2, -0.15) is 0 Å². The highest BCUT2D eigenvalue weighted by molar-refractivity contribution is 7.09. The smallest absolute Gasteiger partial charge is 0.225 e. The number of nitrogens with one attached hydrogen (secondary N) is 2. The fourth-order valence-electron chi connectivity index (χ4n) is 3.40. The maximum absolute atomic E-state index is 12.5. The van der Waals surface area contributed by atoms with Crippen LogP contribution >= 0.6 is 11.3 Å². The predicted molar refractivity (Wildman–Crippen MR) is 113 cm³/mol. The van der Waals surface area contributed by atoms with Gasteiger partial charge in [-0.1, -0.05) is 20.8 Å². The summed E-state index contributed by atoms with van der Waals surface area (Å²) in [6.07, 6.45) is 4.77. The highest BCUT2D eigenvalue weighted by Crippen LogP contribution is 2.17. The number of hydrogen-bond acceptors (Lipinski definition) is 4. The molecule has 6 nitrogen and oxygen atoms in total. The number of rotatable bonds is 8. The first-order valence-corrected chi connectivity index (χ1v) is 11.3. The molecule has 0 aromatic carbocycles. The Kier molecular flexibility index (Phi) is 9.04. The molecule has 0 unspecified atom stereocenters. The lowest BCUT2D eigenvalue weighted by Gasteiger charge is -2.34. The third kappa shape index (κ3) is 6.48. The van der Waals surface area contributed by atoms with E-state index in [4.69, 9.17) is 4.99 Å². The minimum absolute atomic E-state index is 0.180. The highest BCUT2D eigenvalue weighted by Gasteiger charge is 2.26. The Bertz CT molecular complexity index is 603. The number of hydrogen-bond donors (Lipinski definition) is 2. The van der Waals surface area contributed by atoms with E-state index < -0.39 is 0 Å². The minimum atomic E-state index is 0.180. The predicted octanol–water partition coefficient (Wildman–Crippen LogP) is 3.19. The number of aromatic nitrogens is 1. The number of likely N-dealkylation sites (tertiary alicyclic amines) is 1. The summed E-state index contributed by atoms with van der Waals surface area (Å²) in [5, 5.41) is 10.1. The second-order valence-electron chi connectivity index (χ2n) is 7.04. The standard InChI is InChI=1S/C20H35N5OS/c1-5-15(6-2)19(26)25-11-9-16(10-12-25)24-20(21-8-4)22-13-17-14-27-18(7-3)23-17/h14-16H,5-13H2,1-4H3,(H2,21,22,24). The van der Waals surface area contributed by atoms with Gasteiger partial charge >= 0.3 is 0 Å². The summed E-state index contributed by atoms with van der Waals surface area (Å²) in [5.41, 5.74) is 1.03. The van der Waals surface area contributed by atoms with Crippen molar-refractivity contribution in [3.05, 3.63) is 16.1 Å². The average Bonchev–Trinajstić information content (AvgIpc) is 3.16. The molecule has 1 aliphatic heterocycles. The molecule has 1 aliphatic rings. The largest absolute Gasteiger partial charge is 0.357 e. The van der Waals surface area contributed by atoms with Crippen molar-refractivity contribution < 1.29 is 4.79 Å². The molecule has 0 aliphatic carbocycles. The van der Waals surface area contributed by atoms with E-state index in [1.807, 2.05) is 4.90 Å². The topological polar surface area (TPSA) is 69.6 Å². The van der Waals surface area contributed by atoms with Gasteiger partial charge < -0.3 is 15.5 Å². The average molecular weight is 394 g/mol. The van der Waals surface area contributed by atoms with Gasteiger partial charge in [-0.15, -0.1) is 11.3 Å². The molecule has 1 aromatic heterocycles. The number of amides is 1. The molecule has 2 heterocycles. The lowest BCUT2D eigenvalue weighted by molar-refractivity contribution is -0.136. The normalized spacial score (nSPS) is 16.0. The summed E-state index contributed by atoms with van der Waals surface area (Å²) >= 11 is 1.70. The van der Waals surface area contributed by atoms with E-state index in [1.54, 1.807) is 11.3 Å². The summed E-state index contributed by atoms with van der Waals surface area (Å²) in [6.45, 7) is 11.5. The first-order chi connectivity index (χ1) is 13.1. The zero-order chi connectivity index (χ0) is 19.6. The van der Waals surface area contributed by atoms with E-state index in [2.05, 4.69) is 48.7 Å². The number of carbonyl (C=O) groups is 1. The molecular weight excluding hydrogens is 358 g/mol. The fourth-order valence-corrected chi connectivity index (χ4v) is 4.13. The zero-order valence-electron chi connectivity index (χ0n) is 17.3. The van der Waals surface area contributed by atoms with Crippen LogP contribution in [0.1, 0.15) is 64.1 Å². The van der Waals surface area contributed by atoms with E-state index in [-0.39, 0.29) is 5.92 Å². The quantitative estimate of drug-likeness (QED) is 0.526. The maximum Gasteiger partial charge on any atom is 0.225 e. The summed E-state index contributed by atoms with van der Waals surface area (Å²) < 4.78 is 0. The number of aliphatic imine (C=N–C) groups is 1. The van der Waals surface area contributed by atoms with Crippen LogP contribution in [0.25, 0.3) is 0 Å². The molecule has 0 bridgehead atoms. The molecule has 2 N–H and O–H groups in total. The van der Waals surface area contributed by atoms with E-state index >= 15 is 0 Å². The molecular formula is C20H35N5OS. The molecule has 0 radical (unpaired) electrons. The molecule has 7 heteroatoms. The Labute approximate surface area is 167 Å². The van der Waals surface area contributed by atoms with Crippen LogP contribution in [0, 0.1) is 5.92 Å². The van der Waals surface area contributed by atoms with Crippen molar-refractivity contribution in [3.8, 4) is 0 Å². The summed E-state index contributed by atoms with van der Waals surface area (Å²) in [6, 6.07) is 0.357. The monoisotopic (exact) mass is 393 g/mol. The molecule has 0 saturated carbocycles. The van der Waals surface area contributed by atoms with Crippen molar-refractivity contribution in [2.45, 2.75) is 72.4 Å². The second-order valence-corrected chi connectivity index (χ2v) is 7.98. The summed E-state index contributed by atoms with van der Waals surface area (Å²) in [4.78, 5) is 23.9. The number of nitrogens with zero attached hydrogens (tertiary/aromatic N) is 3. The molecule has 27 heavy (non-hydrogen) atoms. The number of aryl methyl sites for hydroxylation is 1. The number of carbonyl (C=O) groups excluding carboxylic acids is 1. The van der Waals surface area contributed by atoms with E-state index in [0.29, 0.717) is 18.5 Å². The van der Waals surface area contributed by atoms with Gasteiger partial charge in [0, 0.05) is 37.0 Å². The van der Waals surface area contributed by atoms with Crippen LogP contribution in [-0.2, 0) is 17.8 Å². The van der Waals surface area contributed by atoms with Crippen molar-refractivity contribution in [1.29, 1.82) is 0 Å². The van der Waals surface area contributed by atoms with Gasteiger partial charge in [-0.25, -0.2) is 9.98 Å². The molecule has 0 atom stereocenters. The molecule has 1 aromatic rings. The van der Waals surface area contributed by atoms with Crippen LogP contribution in [0.5, 0.6) is 0 Å². The van der Waals surface area contributed by atoms with Gasteiger partial charge in [0.1, 0.15) is 0 Å². The third-order valence-corrected chi connectivity index (χ3v) is 6.17. The van der Waals surface area contributed by atoms with Crippen LogP contribution in [0.3, 0.4) is 0 Å². The molecule has 1 amide bonds. The summed E-state index contributed by atoms with van der Waals surface area (Å²) in [7, 11) is 0. The lowest BCUT2D eigenvalue weighted by Crippen LogP contribution is -2.50. The van der Waals surface area contributed by atoms with Crippen molar-refractivity contribution in [2.24, 2.45) is 10.9 Å². The third-order valence-electron chi connectivity index (χ3n) is 5.13. The Morgan fingerprint density at radius 1 is 1.30 bits per heavy atom. The Morgan fingerprint density at radius 3 is 2.56 bits per heavy atom. The van der Waals surface area contributed by atoms with Crippen molar-refractivity contribution in [3.63, 3.8) is 0 Å². The van der Waals surface area contributed by atoms with Gasteiger partial charge in [0.05, 0.1) is 17.2 Å². The van der Waals surface area contributed by atoms with Crippen molar-refractivity contribution in [2.75, 3.05) is 19.6 Å². The highest BCUT2D eigenvalue weighted by atomic mass is 32.1. The lowest BCUT2D eigenvalue weighted by atomic mass is 9.98. The minimum Gasteiger partial charge on any atom is -0.357 e. The van der Waals surface area contributed by atoms with Gasteiger partial charge in [-0.05, 0) is 39.0 Å². The van der Waals surface area contributed by atoms with Crippen LogP contribution in [-0.4, -0.2) is 47.4 Å². The van der Waals surface area contributed by atoms with Gasteiger partial charge in [0.25, 0.3) is 0 Å². The van der Waals surface area contributed by atoms with Crippen LogP contribution in [0.4, 0.5) is 0 Å². The molecule has 152 valence electrons. The van der Waals surface area contributed by atoms with Gasteiger partial charge in [-0.3, -0.25) is 4.79 Å². The van der Waals surface area contributed by atoms with E-state index in [1.165, 1.54) is 0 Å². The SMILES string of the molecule is CCNC(=NCc1csc(CC)n1)NC1CCN(C(=O)C(CC)CC)CC1. The fraction of sp³-hybridized carbons (Fsp3) is 0.750. The summed E-state index contributed by atoms with van der Waals surface area (Å²) in [5.74, 6) is 1.35. The molecule has 1 fully saturated rings. The van der Waals surface area contributed by atoms with Crippen LogP contribution in [0.2, 0.25) is 0 Å². The molecule has 1 saturated heterocycles. The van der Waals surface area contributed by atoms with Gasteiger partial charge in [0.2, 0.25) is 5.91 Å². The van der Waals surface area contributed by atoms with E-state index in [9.17, 15) is 4.79 Å². The second kappa shape index (κ2) is 11.3. The Hall–Kier alpha value is -1.63. The number of thiazole rings is 1. The Balaban J connectivity index is 1.86.